The third-order valence-electron chi connectivity index (χ3n) is 6.80. The van der Waals surface area contributed by atoms with Crippen LogP contribution in [0.5, 0.6) is 0 Å². The van der Waals surface area contributed by atoms with Crippen molar-refractivity contribution >= 4 is 16.5 Å². The molecule has 0 fully saturated rings. The summed E-state index contributed by atoms with van der Waals surface area (Å²) >= 11 is 0. The molecular formula is C34H27N. The Kier molecular flexibility index (Phi) is 5.74. The summed E-state index contributed by atoms with van der Waals surface area (Å²) in [6.45, 7) is 0. The lowest BCUT2D eigenvalue weighted by Gasteiger charge is -2.18. The van der Waals surface area contributed by atoms with E-state index in [-0.39, 0.29) is 0 Å². The molecule has 1 aliphatic carbocycles. The molecule has 1 nitrogen and oxygen atoms in total. The van der Waals surface area contributed by atoms with Crippen LogP contribution in [-0.4, -0.2) is 0 Å². The number of hydrogen-bond donors (Lipinski definition) is 1. The predicted molar refractivity (Wildman–Crippen MR) is 149 cm³/mol. The topological polar surface area (TPSA) is 12.0 Å². The summed E-state index contributed by atoms with van der Waals surface area (Å²) in [6, 6.07) is 43.4. The summed E-state index contributed by atoms with van der Waals surface area (Å²) in [5.74, 6) is 0.417. The number of benzene rings is 5. The Balaban J connectivity index is 1.10. The van der Waals surface area contributed by atoms with Gasteiger partial charge < -0.3 is 5.32 Å². The maximum atomic E-state index is 3.57. The van der Waals surface area contributed by atoms with Crippen molar-refractivity contribution in [3.8, 4) is 22.3 Å². The van der Waals surface area contributed by atoms with Crippen molar-refractivity contribution < 1.29 is 0 Å². The van der Waals surface area contributed by atoms with Gasteiger partial charge in [0, 0.05) is 17.3 Å². The SMILES string of the molecule is C1=CC(c2ccc(-c3ccccc3)cc2)CC=C1Nc1ccc(-c2ccc3ccccc3c2)cc1. The van der Waals surface area contributed by atoms with Crippen LogP contribution in [0, 0.1) is 0 Å². The monoisotopic (exact) mass is 449 g/mol. The Morgan fingerprint density at radius 1 is 0.543 bits per heavy atom. The minimum atomic E-state index is 0.417. The highest BCUT2D eigenvalue weighted by Crippen LogP contribution is 2.30. The quantitative estimate of drug-likeness (QED) is 0.282. The van der Waals surface area contributed by atoms with Gasteiger partial charge in [-0.05, 0) is 69.3 Å². The van der Waals surface area contributed by atoms with E-state index in [0.717, 1.165) is 17.8 Å². The first-order valence-corrected chi connectivity index (χ1v) is 12.2. The van der Waals surface area contributed by atoms with E-state index in [0.29, 0.717) is 5.92 Å². The summed E-state index contributed by atoms with van der Waals surface area (Å²) in [4.78, 5) is 0. The molecule has 0 radical (unpaired) electrons. The molecule has 0 saturated carbocycles. The van der Waals surface area contributed by atoms with Crippen LogP contribution in [0.25, 0.3) is 33.0 Å². The molecule has 35 heavy (non-hydrogen) atoms. The van der Waals surface area contributed by atoms with E-state index in [4.69, 9.17) is 0 Å². The molecule has 0 bridgehead atoms. The average Bonchev–Trinajstić information content (AvgIpc) is 2.94. The third-order valence-corrected chi connectivity index (χ3v) is 6.80. The molecule has 5 aromatic rings. The standard InChI is InChI=1S/C34H27N/c1-2-6-25(7-3-1)27-10-12-28(13-11-27)29-16-20-33(21-17-29)35-34-22-18-30(19-23-34)32-15-14-26-8-4-5-9-31(26)24-32/h1-16,18-24,29,35H,17H2. The largest absolute Gasteiger partial charge is 0.356 e. The highest BCUT2D eigenvalue weighted by Gasteiger charge is 2.12. The zero-order valence-corrected chi connectivity index (χ0v) is 19.6. The van der Waals surface area contributed by atoms with Gasteiger partial charge in [-0.2, -0.15) is 0 Å². The number of anilines is 1. The van der Waals surface area contributed by atoms with Gasteiger partial charge in [0.15, 0.2) is 0 Å². The second-order valence-corrected chi connectivity index (χ2v) is 9.11. The van der Waals surface area contributed by atoms with Crippen LogP contribution in [0.2, 0.25) is 0 Å². The number of fused-ring (bicyclic) bond motifs is 1. The lowest BCUT2D eigenvalue weighted by molar-refractivity contribution is 0.846. The van der Waals surface area contributed by atoms with Crippen molar-refractivity contribution in [1.82, 2.24) is 0 Å². The fourth-order valence-electron chi connectivity index (χ4n) is 4.80. The van der Waals surface area contributed by atoms with Crippen molar-refractivity contribution in [3.63, 3.8) is 0 Å². The second-order valence-electron chi connectivity index (χ2n) is 9.11. The third kappa shape index (κ3) is 4.67. The Hall–Kier alpha value is -4.36. The molecule has 1 N–H and O–H groups in total. The van der Waals surface area contributed by atoms with Gasteiger partial charge >= 0.3 is 0 Å². The zero-order valence-electron chi connectivity index (χ0n) is 19.6. The summed E-state index contributed by atoms with van der Waals surface area (Å²) in [6.07, 6.45) is 7.81. The van der Waals surface area contributed by atoms with Gasteiger partial charge in [-0.1, -0.05) is 115 Å². The van der Waals surface area contributed by atoms with Crippen LogP contribution in [0.3, 0.4) is 0 Å². The Labute approximate surface area is 207 Å². The van der Waals surface area contributed by atoms with Crippen molar-refractivity contribution in [1.29, 1.82) is 0 Å². The molecule has 0 aliphatic heterocycles. The molecule has 6 rings (SSSR count). The number of allylic oxidation sites excluding steroid dienone is 3. The lowest BCUT2D eigenvalue weighted by atomic mass is 9.90. The van der Waals surface area contributed by atoms with Crippen molar-refractivity contribution in [2.45, 2.75) is 12.3 Å². The van der Waals surface area contributed by atoms with E-state index in [9.17, 15) is 0 Å². The normalized spacial score (nSPS) is 15.1. The summed E-state index contributed by atoms with van der Waals surface area (Å²) in [5, 5.41) is 6.11. The maximum Gasteiger partial charge on any atom is 0.0384 e. The fourth-order valence-corrected chi connectivity index (χ4v) is 4.80. The van der Waals surface area contributed by atoms with Crippen molar-refractivity contribution in [2.24, 2.45) is 0 Å². The van der Waals surface area contributed by atoms with E-state index < -0.39 is 0 Å². The van der Waals surface area contributed by atoms with E-state index in [1.54, 1.807) is 0 Å². The van der Waals surface area contributed by atoms with Crippen molar-refractivity contribution in [3.05, 3.63) is 151 Å². The summed E-state index contributed by atoms with van der Waals surface area (Å²) in [7, 11) is 0. The van der Waals surface area contributed by atoms with Crippen LogP contribution < -0.4 is 5.32 Å². The van der Waals surface area contributed by atoms with Crippen LogP contribution in [0.1, 0.15) is 17.9 Å². The van der Waals surface area contributed by atoms with Crippen LogP contribution in [0.4, 0.5) is 5.69 Å². The van der Waals surface area contributed by atoms with Gasteiger partial charge in [-0.15, -0.1) is 0 Å². The zero-order chi connectivity index (χ0) is 23.5. The minimum Gasteiger partial charge on any atom is -0.356 e. The molecule has 0 aromatic heterocycles. The molecule has 1 heteroatoms. The Morgan fingerprint density at radius 2 is 1.17 bits per heavy atom. The van der Waals surface area contributed by atoms with Gasteiger partial charge in [0.25, 0.3) is 0 Å². The molecule has 5 aromatic carbocycles. The van der Waals surface area contributed by atoms with Gasteiger partial charge in [0.1, 0.15) is 0 Å². The Bertz CT molecular complexity index is 1510. The van der Waals surface area contributed by atoms with Gasteiger partial charge in [0.2, 0.25) is 0 Å². The molecule has 168 valence electrons. The average molecular weight is 450 g/mol. The molecule has 0 saturated heterocycles. The first kappa shape index (κ1) is 21.2. The van der Waals surface area contributed by atoms with Crippen molar-refractivity contribution in [2.75, 3.05) is 5.32 Å². The highest BCUT2D eigenvalue weighted by atomic mass is 14.9. The lowest BCUT2D eigenvalue weighted by Crippen LogP contribution is -2.04. The molecule has 1 atom stereocenters. The van der Waals surface area contributed by atoms with E-state index in [1.165, 1.54) is 38.6 Å². The molecule has 1 aliphatic rings. The number of hydrogen-bond acceptors (Lipinski definition) is 1. The summed E-state index contributed by atoms with van der Waals surface area (Å²) < 4.78 is 0. The molecule has 0 heterocycles. The number of rotatable bonds is 5. The van der Waals surface area contributed by atoms with Gasteiger partial charge in [-0.25, -0.2) is 0 Å². The van der Waals surface area contributed by atoms with Crippen LogP contribution >= 0.6 is 0 Å². The second kappa shape index (κ2) is 9.48. The van der Waals surface area contributed by atoms with Gasteiger partial charge in [0.05, 0.1) is 0 Å². The molecule has 0 amide bonds. The Morgan fingerprint density at radius 3 is 1.91 bits per heavy atom. The predicted octanol–water partition coefficient (Wildman–Crippen LogP) is 9.21. The van der Waals surface area contributed by atoms with Gasteiger partial charge in [-0.3, -0.25) is 0 Å². The number of nitrogens with one attached hydrogen (secondary N) is 1. The highest BCUT2D eigenvalue weighted by molar-refractivity contribution is 5.87. The summed E-state index contributed by atoms with van der Waals surface area (Å²) in [5.41, 5.74) is 8.62. The van der Waals surface area contributed by atoms with Crippen LogP contribution in [-0.2, 0) is 0 Å². The molecule has 0 spiro atoms. The van der Waals surface area contributed by atoms with E-state index >= 15 is 0 Å². The first-order valence-electron chi connectivity index (χ1n) is 12.2. The fraction of sp³-hybridized carbons (Fsp3) is 0.0588. The maximum absolute atomic E-state index is 3.57. The minimum absolute atomic E-state index is 0.417. The molecule has 1 unspecified atom stereocenters. The van der Waals surface area contributed by atoms with Crippen LogP contribution in [0.15, 0.2) is 145 Å². The molecular weight excluding hydrogens is 422 g/mol. The van der Waals surface area contributed by atoms with E-state index in [2.05, 4.69) is 145 Å². The first-order chi connectivity index (χ1) is 17.3. The van der Waals surface area contributed by atoms with E-state index in [1.807, 2.05) is 0 Å². The smallest absolute Gasteiger partial charge is 0.0384 e.